The quantitative estimate of drug-likeness (QED) is 0.708. The predicted octanol–water partition coefficient (Wildman–Crippen LogP) is 2.16. The number of carboxylic acid groups (broad SMARTS) is 1. The number of piperidine rings is 1. The van der Waals surface area contributed by atoms with Gasteiger partial charge >= 0.3 is 5.97 Å². The normalized spacial score (nSPS) is 22.0. The molecule has 1 aliphatic rings. The van der Waals surface area contributed by atoms with Crippen molar-refractivity contribution >= 4 is 17.5 Å². The standard InChI is InChI=1S/C22H23N3O4/c1-15-6-5-9-19-23-17(13-25(15)19)20(27)24-11-10-18(26)22(14-24,21(28)29)12-16-7-3-2-4-8-16/h2-9,13,18,26H,10-12,14H2,1H3,(H,28,29)/t18-,22-/m1/s1. The van der Waals surface area contributed by atoms with Gasteiger partial charge in [0.1, 0.15) is 16.8 Å². The largest absolute Gasteiger partial charge is 0.481 e. The molecule has 3 heterocycles. The molecule has 1 aliphatic heterocycles. The molecule has 0 unspecified atom stereocenters. The molecule has 4 rings (SSSR count). The van der Waals surface area contributed by atoms with E-state index in [-0.39, 0.29) is 37.5 Å². The molecule has 2 N–H and O–H groups in total. The van der Waals surface area contributed by atoms with Crippen LogP contribution in [0.3, 0.4) is 0 Å². The third-order valence-electron chi connectivity index (χ3n) is 5.77. The molecule has 0 radical (unpaired) electrons. The van der Waals surface area contributed by atoms with E-state index in [9.17, 15) is 19.8 Å². The van der Waals surface area contributed by atoms with Crippen molar-refractivity contribution in [3.05, 3.63) is 71.7 Å². The molecule has 7 heteroatoms. The van der Waals surface area contributed by atoms with Gasteiger partial charge in [0.2, 0.25) is 0 Å². The molecule has 2 atom stereocenters. The Balaban J connectivity index is 1.65. The van der Waals surface area contributed by atoms with Crippen molar-refractivity contribution in [3.8, 4) is 0 Å². The summed E-state index contributed by atoms with van der Waals surface area (Å²) in [6.45, 7) is 2.15. The smallest absolute Gasteiger partial charge is 0.314 e. The molecule has 0 spiro atoms. The third kappa shape index (κ3) is 3.38. The van der Waals surface area contributed by atoms with Crippen LogP contribution >= 0.6 is 0 Å². The van der Waals surface area contributed by atoms with E-state index < -0.39 is 17.5 Å². The summed E-state index contributed by atoms with van der Waals surface area (Å²) in [5.74, 6) is -1.42. The van der Waals surface area contributed by atoms with Crippen LogP contribution < -0.4 is 0 Å². The summed E-state index contributed by atoms with van der Waals surface area (Å²) >= 11 is 0. The number of benzene rings is 1. The Morgan fingerprint density at radius 2 is 1.93 bits per heavy atom. The molecule has 1 aromatic carbocycles. The first-order chi connectivity index (χ1) is 13.9. The van der Waals surface area contributed by atoms with E-state index in [2.05, 4.69) is 4.98 Å². The van der Waals surface area contributed by atoms with Crippen molar-refractivity contribution < 1.29 is 19.8 Å². The van der Waals surface area contributed by atoms with Gasteiger partial charge in [-0.05, 0) is 37.5 Å². The minimum absolute atomic E-state index is 0.0654. The van der Waals surface area contributed by atoms with Gasteiger partial charge in [-0.3, -0.25) is 9.59 Å². The van der Waals surface area contributed by atoms with Gasteiger partial charge in [0, 0.05) is 25.0 Å². The minimum Gasteiger partial charge on any atom is -0.481 e. The predicted molar refractivity (Wildman–Crippen MR) is 107 cm³/mol. The topological polar surface area (TPSA) is 95.1 Å². The van der Waals surface area contributed by atoms with E-state index in [1.165, 1.54) is 4.90 Å². The van der Waals surface area contributed by atoms with Crippen molar-refractivity contribution in [1.29, 1.82) is 0 Å². The minimum atomic E-state index is -1.45. The van der Waals surface area contributed by atoms with E-state index in [0.29, 0.717) is 5.65 Å². The average Bonchev–Trinajstić information content (AvgIpc) is 3.15. The lowest BCUT2D eigenvalue weighted by Crippen LogP contribution is -2.58. The molecule has 1 saturated heterocycles. The number of aliphatic carboxylic acids is 1. The number of aliphatic hydroxyl groups excluding tert-OH is 1. The number of carbonyl (C=O) groups is 2. The number of hydrogen-bond donors (Lipinski definition) is 2. The Morgan fingerprint density at radius 1 is 1.17 bits per heavy atom. The zero-order valence-corrected chi connectivity index (χ0v) is 16.2. The van der Waals surface area contributed by atoms with Crippen LogP contribution in [0.5, 0.6) is 0 Å². The fraction of sp³-hybridized carbons (Fsp3) is 0.318. The van der Waals surface area contributed by atoms with E-state index in [4.69, 9.17) is 0 Å². The number of pyridine rings is 1. The molecule has 2 aromatic heterocycles. The molecule has 3 aromatic rings. The zero-order valence-electron chi connectivity index (χ0n) is 16.2. The number of nitrogens with zero attached hydrogens (tertiary/aromatic N) is 3. The van der Waals surface area contributed by atoms with E-state index >= 15 is 0 Å². The highest BCUT2D eigenvalue weighted by molar-refractivity contribution is 5.93. The Hall–Kier alpha value is -3.19. The first-order valence-electron chi connectivity index (χ1n) is 9.60. The van der Waals surface area contributed by atoms with Crippen molar-refractivity contribution in [3.63, 3.8) is 0 Å². The molecule has 1 amide bonds. The maximum atomic E-state index is 13.1. The highest BCUT2D eigenvalue weighted by atomic mass is 16.4. The second kappa shape index (κ2) is 7.33. The second-order valence-corrected chi connectivity index (χ2v) is 7.68. The van der Waals surface area contributed by atoms with Crippen molar-refractivity contribution in [1.82, 2.24) is 14.3 Å². The van der Waals surface area contributed by atoms with Crippen LogP contribution in [-0.2, 0) is 11.2 Å². The number of amides is 1. The Kier molecular flexibility index (Phi) is 4.84. The highest BCUT2D eigenvalue weighted by Crippen LogP contribution is 2.35. The summed E-state index contributed by atoms with van der Waals surface area (Å²) in [4.78, 5) is 31.3. The summed E-state index contributed by atoms with van der Waals surface area (Å²) in [7, 11) is 0. The van der Waals surface area contributed by atoms with E-state index in [1.807, 2.05) is 59.9 Å². The second-order valence-electron chi connectivity index (χ2n) is 7.68. The Labute approximate surface area is 168 Å². The molecule has 0 saturated carbocycles. The van der Waals surface area contributed by atoms with Crippen molar-refractivity contribution in [2.75, 3.05) is 13.1 Å². The number of aryl methyl sites for hydroxylation is 1. The molecule has 1 fully saturated rings. The number of fused-ring (bicyclic) bond motifs is 1. The molecular formula is C22H23N3O4. The third-order valence-corrected chi connectivity index (χ3v) is 5.77. The molecule has 29 heavy (non-hydrogen) atoms. The molecule has 7 nitrogen and oxygen atoms in total. The van der Waals surface area contributed by atoms with Gasteiger partial charge in [0.15, 0.2) is 0 Å². The number of hydrogen-bond acceptors (Lipinski definition) is 4. The Bertz CT molecular complexity index is 1060. The van der Waals surface area contributed by atoms with Crippen LogP contribution in [0.25, 0.3) is 5.65 Å². The van der Waals surface area contributed by atoms with Crippen LogP contribution in [0, 0.1) is 12.3 Å². The molecular weight excluding hydrogens is 370 g/mol. The monoisotopic (exact) mass is 393 g/mol. The van der Waals surface area contributed by atoms with Crippen LogP contribution in [-0.4, -0.2) is 55.6 Å². The van der Waals surface area contributed by atoms with Crippen molar-refractivity contribution in [2.24, 2.45) is 5.41 Å². The highest BCUT2D eigenvalue weighted by Gasteiger charge is 2.50. The maximum absolute atomic E-state index is 13.1. The van der Waals surface area contributed by atoms with E-state index in [1.54, 1.807) is 6.20 Å². The lowest BCUT2D eigenvalue weighted by molar-refractivity contribution is -0.161. The van der Waals surface area contributed by atoms with Crippen LogP contribution in [0.15, 0.2) is 54.7 Å². The van der Waals surface area contributed by atoms with Gasteiger partial charge < -0.3 is 19.5 Å². The fourth-order valence-electron chi connectivity index (χ4n) is 4.09. The maximum Gasteiger partial charge on any atom is 0.314 e. The zero-order chi connectivity index (χ0) is 20.6. The summed E-state index contributed by atoms with van der Waals surface area (Å²) in [6.07, 6.45) is 1.00. The number of aromatic nitrogens is 2. The summed E-state index contributed by atoms with van der Waals surface area (Å²) in [5.41, 5.74) is 1.25. The Morgan fingerprint density at radius 3 is 2.62 bits per heavy atom. The number of likely N-dealkylation sites (tertiary alicyclic amines) is 1. The van der Waals surface area contributed by atoms with Crippen molar-refractivity contribution in [2.45, 2.75) is 25.9 Å². The van der Waals surface area contributed by atoms with E-state index in [0.717, 1.165) is 11.3 Å². The van der Waals surface area contributed by atoms with Crippen LogP contribution in [0.1, 0.15) is 28.2 Å². The van der Waals surface area contributed by atoms with Gasteiger partial charge in [-0.15, -0.1) is 0 Å². The number of rotatable bonds is 4. The SMILES string of the molecule is Cc1cccc2nc(C(=O)N3CC[C@@H](O)[C@](Cc4ccccc4)(C(=O)O)C3)cn12. The van der Waals surface area contributed by atoms with Gasteiger partial charge in [-0.1, -0.05) is 36.4 Å². The molecule has 0 bridgehead atoms. The van der Waals surface area contributed by atoms with Gasteiger partial charge in [-0.2, -0.15) is 0 Å². The first-order valence-corrected chi connectivity index (χ1v) is 9.60. The summed E-state index contributed by atoms with van der Waals surface area (Å²) in [6, 6.07) is 14.8. The summed E-state index contributed by atoms with van der Waals surface area (Å²) < 4.78 is 1.83. The van der Waals surface area contributed by atoms with Gasteiger partial charge in [0.25, 0.3) is 5.91 Å². The fourth-order valence-corrected chi connectivity index (χ4v) is 4.09. The number of imidazole rings is 1. The average molecular weight is 393 g/mol. The summed E-state index contributed by atoms with van der Waals surface area (Å²) in [5, 5.41) is 20.7. The number of carbonyl (C=O) groups excluding carboxylic acids is 1. The first kappa shape index (κ1) is 19.1. The van der Waals surface area contributed by atoms with Crippen LogP contribution in [0.4, 0.5) is 0 Å². The van der Waals surface area contributed by atoms with Gasteiger partial charge in [-0.25, -0.2) is 4.98 Å². The lowest BCUT2D eigenvalue weighted by atomic mass is 9.72. The van der Waals surface area contributed by atoms with Gasteiger partial charge in [0.05, 0.1) is 6.10 Å². The molecule has 0 aliphatic carbocycles. The number of aliphatic hydroxyl groups is 1. The lowest BCUT2D eigenvalue weighted by Gasteiger charge is -2.43. The van der Waals surface area contributed by atoms with Crippen LogP contribution in [0.2, 0.25) is 0 Å². The number of carboxylic acids is 1. The molecule has 150 valence electrons.